The summed E-state index contributed by atoms with van der Waals surface area (Å²) in [5.74, 6) is -0.280. The molecule has 1 unspecified atom stereocenters. The van der Waals surface area contributed by atoms with Gasteiger partial charge in [-0.15, -0.1) is 0 Å². The van der Waals surface area contributed by atoms with Gasteiger partial charge in [-0.2, -0.15) is 0 Å². The molecule has 0 radical (unpaired) electrons. The van der Waals surface area contributed by atoms with Crippen molar-refractivity contribution in [3.8, 4) is 11.5 Å². The van der Waals surface area contributed by atoms with Gasteiger partial charge in [0.15, 0.2) is 0 Å². The van der Waals surface area contributed by atoms with Crippen molar-refractivity contribution in [3.63, 3.8) is 0 Å². The first-order valence-electron chi connectivity index (χ1n) is 12.1. The van der Waals surface area contributed by atoms with Crippen molar-refractivity contribution in [2.45, 2.75) is 13.5 Å². The van der Waals surface area contributed by atoms with Crippen LogP contribution in [0.15, 0.2) is 91.0 Å². The second-order valence-electron chi connectivity index (χ2n) is 8.87. The molecule has 11 heteroatoms. The number of methoxy groups -OCH3 is 1. The van der Waals surface area contributed by atoms with Crippen LogP contribution in [0.1, 0.15) is 21.5 Å². The lowest BCUT2D eigenvalue weighted by molar-refractivity contribution is -0.384. The van der Waals surface area contributed by atoms with E-state index in [0.717, 1.165) is 15.4 Å². The number of ether oxygens (including phenoxy) is 2. The Hall–Kier alpha value is -4.74. The first kappa shape index (κ1) is 28.3. The van der Waals surface area contributed by atoms with Crippen molar-refractivity contribution in [2.75, 3.05) is 23.4 Å². The molecule has 40 heavy (non-hydrogen) atoms. The predicted molar refractivity (Wildman–Crippen MR) is 152 cm³/mol. The molecular formula is C29H26N3O7S-. The molecule has 0 spiro atoms. The van der Waals surface area contributed by atoms with E-state index in [0.29, 0.717) is 17.9 Å². The van der Waals surface area contributed by atoms with Gasteiger partial charge < -0.3 is 18.9 Å². The number of hydrogen-bond donors (Lipinski definition) is 0. The molecule has 0 N–H and O–H groups in total. The maximum atomic E-state index is 12.7. The van der Waals surface area contributed by atoms with Crippen LogP contribution >= 0.6 is 0 Å². The Kier molecular flexibility index (Phi) is 8.77. The van der Waals surface area contributed by atoms with Crippen LogP contribution in [0.4, 0.5) is 22.7 Å². The van der Waals surface area contributed by atoms with Crippen LogP contribution in [-0.4, -0.2) is 33.8 Å². The maximum absolute atomic E-state index is 12.7. The third kappa shape index (κ3) is 6.45. The first-order valence-corrected chi connectivity index (χ1v) is 13.1. The molecule has 0 amide bonds. The highest BCUT2D eigenvalue weighted by atomic mass is 32.2. The number of nitrogens with zero attached hydrogens (tertiary/aromatic N) is 3. The molecule has 4 rings (SSSR count). The number of carbonyl (C=O) groups excluding carboxylic acids is 1. The van der Waals surface area contributed by atoms with E-state index in [-0.39, 0.29) is 28.4 Å². The SMILES string of the molecule is COC(=O)c1cc(Oc2ccc([N+](=O)[O-])c(N(C)Cc3ccccc3)c2)ccc1N(c1ccc(C)cc1)S(=O)[O-]. The molecule has 0 aliphatic heterocycles. The van der Waals surface area contributed by atoms with Crippen LogP contribution < -0.4 is 13.9 Å². The molecule has 0 fully saturated rings. The molecule has 0 saturated carbocycles. The van der Waals surface area contributed by atoms with Crippen molar-refractivity contribution in [1.29, 1.82) is 0 Å². The Morgan fingerprint density at radius 1 is 0.925 bits per heavy atom. The molecule has 206 valence electrons. The zero-order valence-corrected chi connectivity index (χ0v) is 22.8. The normalized spacial score (nSPS) is 11.4. The fraction of sp³-hybridized carbons (Fsp3) is 0.138. The third-order valence-corrected chi connectivity index (χ3v) is 6.77. The summed E-state index contributed by atoms with van der Waals surface area (Å²) in [5, 5.41) is 11.7. The molecule has 4 aromatic rings. The number of benzene rings is 4. The van der Waals surface area contributed by atoms with Crippen LogP contribution in [0.5, 0.6) is 11.5 Å². The Labute approximate surface area is 234 Å². The predicted octanol–water partition coefficient (Wildman–Crippen LogP) is 6.05. The van der Waals surface area contributed by atoms with Crippen LogP contribution in [0.3, 0.4) is 0 Å². The number of aryl methyl sites for hydroxylation is 1. The van der Waals surface area contributed by atoms with Gasteiger partial charge in [0, 0.05) is 25.7 Å². The van der Waals surface area contributed by atoms with Crippen molar-refractivity contribution in [2.24, 2.45) is 0 Å². The van der Waals surface area contributed by atoms with Crippen LogP contribution in [0, 0.1) is 17.0 Å². The lowest BCUT2D eigenvalue weighted by atomic mass is 10.1. The quantitative estimate of drug-likeness (QED) is 0.0993. The molecular weight excluding hydrogens is 534 g/mol. The van der Waals surface area contributed by atoms with E-state index in [2.05, 4.69) is 0 Å². The van der Waals surface area contributed by atoms with Gasteiger partial charge in [-0.3, -0.25) is 18.6 Å². The summed E-state index contributed by atoms with van der Waals surface area (Å²) in [7, 11) is 2.93. The van der Waals surface area contributed by atoms with Crippen molar-refractivity contribution in [1.82, 2.24) is 0 Å². The fourth-order valence-corrected chi connectivity index (χ4v) is 4.73. The maximum Gasteiger partial charge on any atom is 0.340 e. The summed E-state index contributed by atoms with van der Waals surface area (Å²) in [6, 6.07) is 24.9. The number of anilines is 3. The fourth-order valence-electron chi connectivity index (χ4n) is 4.12. The number of hydrogen-bond acceptors (Lipinski definition) is 8. The van der Waals surface area contributed by atoms with Gasteiger partial charge >= 0.3 is 5.97 Å². The third-order valence-electron chi connectivity index (χ3n) is 6.06. The zero-order valence-electron chi connectivity index (χ0n) is 22.0. The standard InChI is InChI=1S/C29H27N3O7S/c1-20-9-11-22(12-10-20)31(40(36)37)26-15-13-23(17-25(26)29(33)38-3)39-24-14-16-27(32(34)35)28(18-24)30(2)19-21-7-5-4-6-8-21/h4-18H,19H2,1-3H3,(H,36,37)/p-1. The summed E-state index contributed by atoms with van der Waals surface area (Å²) >= 11 is -2.75. The first-order chi connectivity index (χ1) is 19.2. The molecule has 0 bridgehead atoms. The minimum Gasteiger partial charge on any atom is -0.755 e. The summed E-state index contributed by atoms with van der Waals surface area (Å²) in [4.78, 5) is 25.7. The molecule has 0 aromatic heterocycles. The van der Waals surface area contributed by atoms with E-state index < -0.39 is 22.2 Å². The Bertz CT molecular complexity index is 1550. The molecule has 0 saturated heterocycles. The second kappa shape index (κ2) is 12.4. The highest BCUT2D eigenvalue weighted by Crippen LogP contribution is 2.37. The zero-order chi connectivity index (χ0) is 28.8. The van der Waals surface area contributed by atoms with Gasteiger partial charge in [-0.25, -0.2) is 4.79 Å². The summed E-state index contributed by atoms with van der Waals surface area (Å²) in [6.45, 7) is 2.30. The number of nitro benzene ring substituents is 1. The monoisotopic (exact) mass is 560 g/mol. The van der Waals surface area contributed by atoms with Crippen LogP contribution in [0.25, 0.3) is 0 Å². The topological polar surface area (TPSA) is 125 Å². The van der Waals surface area contributed by atoms with Gasteiger partial charge in [0.05, 0.1) is 40.2 Å². The molecule has 0 aliphatic rings. The van der Waals surface area contributed by atoms with E-state index in [9.17, 15) is 23.7 Å². The Morgan fingerprint density at radius 2 is 1.57 bits per heavy atom. The lowest BCUT2D eigenvalue weighted by Gasteiger charge is -2.28. The van der Waals surface area contributed by atoms with E-state index in [1.807, 2.05) is 37.3 Å². The average Bonchev–Trinajstić information content (AvgIpc) is 2.94. The highest BCUT2D eigenvalue weighted by molar-refractivity contribution is 7.81. The minimum absolute atomic E-state index is 0.0481. The number of esters is 1. The molecule has 1 atom stereocenters. The van der Waals surface area contributed by atoms with Crippen LogP contribution in [0.2, 0.25) is 0 Å². The Morgan fingerprint density at radius 3 is 2.20 bits per heavy atom. The Balaban J connectivity index is 1.70. The molecule has 0 heterocycles. The average molecular weight is 561 g/mol. The highest BCUT2D eigenvalue weighted by Gasteiger charge is 2.22. The lowest BCUT2D eigenvalue weighted by Crippen LogP contribution is -2.22. The molecule has 10 nitrogen and oxygen atoms in total. The van der Waals surface area contributed by atoms with Crippen molar-refractivity contribution < 1.29 is 28.0 Å². The van der Waals surface area contributed by atoms with Gasteiger partial charge in [-0.05, 0) is 48.9 Å². The van der Waals surface area contributed by atoms with Gasteiger partial charge in [0.2, 0.25) is 0 Å². The number of rotatable bonds is 10. The number of carbonyl (C=O) groups is 1. The molecule has 4 aromatic carbocycles. The van der Waals surface area contributed by atoms with E-state index in [4.69, 9.17) is 9.47 Å². The summed E-state index contributed by atoms with van der Waals surface area (Å²) in [6.07, 6.45) is 0. The molecule has 0 aliphatic carbocycles. The van der Waals surface area contributed by atoms with Crippen LogP contribution in [-0.2, 0) is 22.5 Å². The van der Waals surface area contributed by atoms with Gasteiger partial charge in [0.25, 0.3) is 5.69 Å². The van der Waals surface area contributed by atoms with Gasteiger partial charge in [0.1, 0.15) is 17.2 Å². The smallest absolute Gasteiger partial charge is 0.340 e. The number of nitro groups is 1. The summed E-state index contributed by atoms with van der Waals surface area (Å²) in [5.41, 5.74) is 2.51. The van der Waals surface area contributed by atoms with Crippen molar-refractivity contribution >= 4 is 40.0 Å². The summed E-state index contributed by atoms with van der Waals surface area (Å²) < 4.78 is 36.3. The minimum atomic E-state index is -2.75. The second-order valence-corrected chi connectivity index (χ2v) is 9.67. The van der Waals surface area contributed by atoms with E-state index in [1.165, 1.54) is 43.5 Å². The van der Waals surface area contributed by atoms with Gasteiger partial charge in [-0.1, -0.05) is 48.0 Å². The van der Waals surface area contributed by atoms with Crippen molar-refractivity contribution in [3.05, 3.63) is 118 Å². The van der Waals surface area contributed by atoms with E-state index in [1.54, 1.807) is 36.2 Å². The van der Waals surface area contributed by atoms with E-state index >= 15 is 0 Å². The largest absolute Gasteiger partial charge is 0.755 e.